The van der Waals surface area contributed by atoms with Crippen molar-refractivity contribution in [2.75, 3.05) is 10.6 Å². The summed E-state index contributed by atoms with van der Waals surface area (Å²) in [5.41, 5.74) is 1.84. The van der Waals surface area contributed by atoms with E-state index in [0.29, 0.717) is 28.4 Å². The van der Waals surface area contributed by atoms with E-state index in [1.165, 1.54) is 0 Å². The number of rotatable bonds is 4. The minimum atomic E-state index is -0.276. The number of hydrogen-bond acceptors (Lipinski definition) is 4. The van der Waals surface area contributed by atoms with Gasteiger partial charge in [-0.15, -0.1) is 0 Å². The third kappa shape index (κ3) is 3.31. The molecule has 3 rings (SSSR count). The highest BCUT2D eigenvalue weighted by atomic mass is 35.5. The van der Waals surface area contributed by atoms with Gasteiger partial charge in [0.25, 0.3) is 5.91 Å². The molecule has 0 spiro atoms. The molecule has 0 unspecified atom stereocenters. The first-order chi connectivity index (χ1) is 10.1. The van der Waals surface area contributed by atoms with Crippen LogP contribution in [0.2, 0.25) is 5.02 Å². The lowest BCUT2D eigenvalue weighted by molar-refractivity contribution is 0.102. The van der Waals surface area contributed by atoms with Gasteiger partial charge in [-0.3, -0.25) is 4.79 Å². The number of aromatic nitrogens is 2. The second kappa shape index (κ2) is 5.69. The van der Waals surface area contributed by atoms with Crippen LogP contribution in [0.3, 0.4) is 0 Å². The first-order valence-electron chi connectivity index (χ1n) is 6.79. The van der Waals surface area contributed by atoms with E-state index in [9.17, 15) is 4.79 Å². The number of amides is 1. The van der Waals surface area contributed by atoms with Gasteiger partial charge in [-0.1, -0.05) is 17.7 Å². The zero-order chi connectivity index (χ0) is 14.8. The maximum absolute atomic E-state index is 12.3. The van der Waals surface area contributed by atoms with E-state index in [1.54, 1.807) is 24.4 Å². The zero-order valence-electron chi connectivity index (χ0n) is 11.6. The van der Waals surface area contributed by atoms with Crippen molar-refractivity contribution in [1.82, 2.24) is 9.97 Å². The van der Waals surface area contributed by atoms with Crippen LogP contribution >= 0.6 is 11.6 Å². The van der Waals surface area contributed by atoms with Crippen molar-refractivity contribution in [3.8, 4) is 0 Å². The Bertz CT molecular complexity index is 685. The quantitative estimate of drug-likeness (QED) is 0.909. The van der Waals surface area contributed by atoms with Crippen molar-refractivity contribution in [1.29, 1.82) is 0 Å². The lowest BCUT2D eigenvalue weighted by atomic mass is 10.2. The molecular weight excluding hydrogens is 288 g/mol. The fourth-order valence-electron chi connectivity index (χ4n) is 1.89. The second-order valence-electron chi connectivity index (χ2n) is 5.05. The molecule has 2 aromatic rings. The number of carbonyl (C=O) groups is 1. The predicted molar refractivity (Wildman–Crippen MR) is 82.8 cm³/mol. The van der Waals surface area contributed by atoms with Gasteiger partial charge in [0.05, 0.1) is 0 Å². The van der Waals surface area contributed by atoms with Gasteiger partial charge in [0.1, 0.15) is 5.69 Å². The number of halogens is 1. The highest BCUT2D eigenvalue weighted by molar-refractivity contribution is 6.31. The molecule has 108 valence electrons. The van der Waals surface area contributed by atoms with E-state index in [2.05, 4.69) is 20.6 Å². The highest BCUT2D eigenvalue weighted by Crippen LogP contribution is 2.24. The van der Waals surface area contributed by atoms with Crippen LogP contribution in [-0.2, 0) is 0 Å². The molecule has 1 aromatic carbocycles. The fraction of sp³-hybridized carbons (Fsp3) is 0.267. The van der Waals surface area contributed by atoms with E-state index in [1.807, 2.05) is 13.0 Å². The molecule has 0 atom stereocenters. The molecule has 1 fully saturated rings. The normalized spacial score (nSPS) is 13.8. The Labute approximate surface area is 127 Å². The Kier molecular flexibility index (Phi) is 3.75. The Morgan fingerprint density at radius 2 is 2.14 bits per heavy atom. The molecule has 6 heteroatoms. The summed E-state index contributed by atoms with van der Waals surface area (Å²) in [5, 5.41) is 6.61. The largest absolute Gasteiger partial charge is 0.351 e. The summed E-state index contributed by atoms with van der Waals surface area (Å²) >= 11 is 6.05. The molecule has 0 aliphatic heterocycles. The minimum Gasteiger partial charge on any atom is -0.351 e. The van der Waals surface area contributed by atoms with Gasteiger partial charge in [-0.25, -0.2) is 9.97 Å². The molecule has 1 aromatic heterocycles. The Morgan fingerprint density at radius 1 is 1.33 bits per heavy atom. The van der Waals surface area contributed by atoms with Gasteiger partial charge in [0.15, 0.2) is 0 Å². The van der Waals surface area contributed by atoms with Crippen LogP contribution in [0.4, 0.5) is 11.6 Å². The summed E-state index contributed by atoms with van der Waals surface area (Å²) in [5.74, 6) is 0.217. The van der Waals surface area contributed by atoms with Gasteiger partial charge >= 0.3 is 0 Å². The molecule has 5 nitrogen and oxygen atoms in total. The van der Waals surface area contributed by atoms with Gasteiger partial charge in [-0.2, -0.15) is 0 Å². The standard InChI is InChI=1S/C15H15ClN4O/c1-9-11(16)3-2-4-12(9)19-14(21)13-7-8-17-15(20-13)18-10-5-6-10/h2-4,7-8,10H,5-6H2,1H3,(H,19,21)(H,17,18,20). The number of nitrogens with zero attached hydrogens (tertiary/aromatic N) is 2. The summed E-state index contributed by atoms with van der Waals surface area (Å²) in [7, 11) is 0. The van der Waals surface area contributed by atoms with E-state index in [-0.39, 0.29) is 5.91 Å². The minimum absolute atomic E-state index is 0.276. The number of hydrogen-bond donors (Lipinski definition) is 2. The number of benzene rings is 1. The third-order valence-electron chi connectivity index (χ3n) is 3.31. The molecular formula is C15H15ClN4O. The van der Waals surface area contributed by atoms with Crippen molar-refractivity contribution in [2.45, 2.75) is 25.8 Å². The van der Waals surface area contributed by atoms with E-state index in [4.69, 9.17) is 11.6 Å². The van der Waals surface area contributed by atoms with Crippen LogP contribution in [0.1, 0.15) is 28.9 Å². The Hall–Kier alpha value is -2.14. The molecule has 1 amide bonds. The van der Waals surface area contributed by atoms with Crippen molar-refractivity contribution >= 4 is 29.1 Å². The molecule has 21 heavy (non-hydrogen) atoms. The van der Waals surface area contributed by atoms with Crippen LogP contribution in [0.25, 0.3) is 0 Å². The maximum Gasteiger partial charge on any atom is 0.274 e. The van der Waals surface area contributed by atoms with Gasteiger partial charge in [0.2, 0.25) is 5.95 Å². The van der Waals surface area contributed by atoms with Crippen molar-refractivity contribution in [3.63, 3.8) is 0 Å². The van der Waals surface area contributed by atoms with Crippen LogP contribution in [0, 0.1) is 6.92 Å². The molecule has 1 aliphatic rings. The summed E-state index contributed by atoms with van der Waals surface area (Å²) in [6.07, 6.45) is 3.83. The lowest BCUT2D eigenvalue weighted by Gasteiger charge is -2.09. The SMILES string of the molecule is Cc1c(Cl)cccc1NC(=O)c1ccnc(NC2CC2)n1. The van der Waals surface area contributed by atoms with E-state index < -0.39 is 0 Å². The molecule has 1 heterocycles. The number of nitrogens with one attached hydrogen (secondary N) is 2. The molecule has 0 saturated heterocycles. The van der Waals surface area contributed by atoms with Crippen LogP contribution < -0.4 is 10.6 Å². The number of anilines is 2. The zero-order valence-corrected chi connectivity index (χ0v) is 12.3. The smallest absolute Gasteiger partial charge is 0.274 e. The Balaban J connectivity index is 1.76. The van der Waals surface area contributed by atoms with Crippen LogP contribution in [0.5, 0.6) is 0 Å². The van der Waals surface area contributed by atoms with E-state index >= 15 is 0 Å². The van der Waals surface area contributed by atoms with E-state index in [0.717, 1.165) is 18.4 Å². The van der Waals surface area contributed by atoms with Gasteiger partial charge < -0.3 is 10.6 Å². The average Bonchev–Trinajstić information content (AvgIpc) is 3.28. The molecule has 1 saturated carbocycles. The predicted octanol–water partition coefficient (Wildman–Crippen LogP) is 3.27. The van der Waals surface area contributed by atoms with Gasteiger partial charge in [0, 0.05) is 22.9 Å². The van der Waals surface area contributed by atoms with Crippen LogP contribution in [-0.4, -0.2) is 21.9 Å². The summed E-state index contributed by atoms with van der Waals surface area (Å²) < 4.78 is 0. The summed E-state index contributed by atoms with van der Waals surface area (Å²) in [6.45, 7) is 1.86. The third-order valence-corrected chi connectivity index (χ3v) is 3.72. The highest BCUT2D eigenvalue weighted by Gasteiger charge is 2.22. The monoisotopic (exact) mass is 302 g/mol. The molecule has 2 N–H and O–H groups in total. The maximum atomic E-state index is 12.3. The first-order valence-corrected chi connectivity index (χ1v) is 7.17. The molecule has 0 bridgehead atoms. The van der Waals surface area contributed by atoms with Gasteiger partial charge in [-0.05, 0) is 43.5 Å². The topological polar surface area (TPSA) is 66.9 Å². The number of carbonyl (C=O) groups excluding carboxylic acids is 1. The summed E-state index contributed by atoms with van der Waals surface area (Å²) in [6, 6.07) is 7.43. The second-order valence-corrected chi connectivity index (χ2v) is 5.46. The van der Waals surface area contributed by atoms with Crippen LogP contribution in [0.15, 0.2) is 30.5 Å². The lowest BCUT2D eigenvalue weighted by Crippen LogP contribution is -2.16. The fourth-order valence-corrected chi connectivity index (χ4v) is 2.07. The summed E-state index contributed by atoms with van der Waals surface area (Å²) in [4.78, 5) is 20.6. The molecule has 0 radical (unpaired) electrons. The van der Waals surface area contributed by atoms with Crippen molar-refractivity contribution < 1.29 is 4.79 Å². The molecule has 1 aliphatic carbocycles. The Morgan fingerprint density at radius 3 is 2.90 bits per heavy atom. The first kappa shape index (κ1) is 13.8. The van der Waals surface area contributed by atoms with Crippen molar-refractivity contribution in [2.24, 2.45) is 0 Å². The average molecular weight is 303 g/mol. The van der Waals surface area contributed by atoms with Crippen molar-refractivity contribution in [3.05, 3.63) is 46.7 Å².